The Labute approximate surface area is 99.0 Å². The van der Waals surface area contributed by atoms with E-state index in [1.54, 1.807) is 7.11 Å². The summed E-state index contributed by atoms with van der Waals surface area (Å²) in [5, 5.41) is 3.45. The molecule has 1 aromatic rings. The van der Waals surface area contributed by atoms with Gasteiger partial charge in [0.25, 0.3) is 0 Å². The van der Waals surface area contributed by atoms with Gasteiger partial charge < -0.3 is 10.1 Å². The largest absolute Gasteiger partial charge is 0.383 e. The maximum absolute atomic E-state index is 5.23. The zero-order chi connectivity index (χ0) is 12.0. The van der Waals surface area contributed by atoms with Crippen LogP contribution in [0.3, 0.4) is 0 Å². The Balaban J connectivity index is 2.68. The average molecular weight is 221 g/mol. The number of aryl methyl sites for hydroxylation is 2. The molecule has 0 bridgehead atoms. The highest BCUT2D eigenvalue weighted by atomic mass is 16.5. The third-order valence-corrected chi connectivity index (χ3v) is 2.62. The number of methoxy groups -OCH3 is 1. The van der Waals surface area contributed by atoms with Gasteiger partial charge in [0.2, 0.25) is 0 Å². The third kappa shape index (κ3) is 4.33. The van der Waals surface area contributed by atoms with Gasteiger partial charge in [0, 0.05) is 13.2 Å². The molecule has 0 amide bonds. The highest BCUT2D eigenvalue weighted by Crippen LogP contribution is 2.11. The van der Waals surface area contributed by atoms with E-state index in [0.29, 0.717) is 6.04 Å². The van der Waals surface area contributed by atoms with Crippen LogP contribution in [-0.2, 0) is 11.2 Å². The van der Waals surface area contributed by atoms with Gasteiger partial charge in [0.15, 0.2) is 0 Å². The highest BCUT2D eigenvalue weighted by molar-refractivity contribution is 5.29. The van der Waals surface area contributed by atoms with E-state index in [2.05, 4.69) is 44.3 Å². The molecule has 0 spiro atoms. The van der Waals surface area contributed by atoms with Crippen LogP contribution in [0.4, 0.5) is 0 Å². The van der Waals surface area contributed by atoms with Gasteiger partial charge in [-0.15, -0.1) is 0 Å². The number of likely N-dealkylation sites (N-methyl/N-ethyl adjacent to an activating group) is 1. The van der Waals surface area contributed by atoms with Crippen molar-refractivity contribution in [3.63, 3.8) is 0 Å². The standard InChI is InChI=1S/C14H23NO/c1-5-15-14(10-16-4)9-13-7-11(2)6-12(3)8-13/h6-8,14-15H,5,9-10H2,1-4H3. The van der Waals surface area contributed by atoms with Crippen molar-refractivity contribution in [2.24, 2.45) is 0 Å². The van der Waals surface area contributed by atoms with Gasteiger partial charge in [-0.2, -0.15) is 0 Å². The van der Waals surface area contributed by atoms with E-state index < -0.39 is 0 Å². The summed E-state index contributed by atoms with van der Waals surface area (Å²) in [4.78, 5) is 0. The molecule has 1 N–H and O–H groups in total. The van der Waals surface area contributed by atoms with Gasteiger partial charge in [-0.25, -0.2) is 0 Å². The number of nitrogens with one attached hydrogen (secondary N) is 1. The van der Waals surface area contributed by atoms with Crippen LogP contribution in [0.15, 0.2) is 18.2 Å². The van der Waals surface area contributed by atoms with E-state index >= 15 is 0 Å². The lowest BCUT2D eigenvalue weighted by atomic mass is 10.0. The highest BCUT2D eigenvalue weighted by Gasteiger charge is 2.08. The van der Waals surface area contributed by atoms with Gasteiger partial charge in [-0.05, 0) is 32.4 Å². The molecule has 0 aromatic heterocycles. The molecule has 1 aromatic carbocycles. The normalized spacial score (nSPS) is 12.8. The molecule has 0 heterocycles. The Morgan fingerprint density at radius 1 is 1.19 bits per heavy atom. The Bertz CT molecular complexity index is 296. The molecule has 2 heteroatoms. The quantitative estimate of drug-likeness (QED) is 0.797. The molecule has 1 atom stereocenters. The summed E-state index contributed by atoms with van der Waals surface area (Å²) in [5.41, 5.74) is 4.06. The molecular weight excluding hydrogens is 198 g/mol. The molecule has 2 nitrogen and oxygen atoms in total. The maximum Gasteiger partial charge on any atom is 0.0619 e. The lowest BCUT2D eigenvalue weighted by Gasteiger charge is -2.17. The molecule has 0 aliphatic rings. The van der Waals surface area contributed by atoms with Gasteiger partial charge in [0.05, 0.1) is 6.61 Å². The zero-order valence-electron chi connectivity index (χ0n) is 10.8. The monoisotopic (exact) mass is 221 g/mol. The molecule has 0 aliphatic heterocycles. The first-order valence-corrected chi connectivity index (χ1v) is 5.95. The van der Waals surface area contributed by atoms with E-state index in [4.69, 9.17) is 4.74 Å². The minimum absolute atomic E-state index is 0.413. The molecule has 1 unspecified atom stereocenters. The fraction of sp³-hybridized carbons (Fsp3) is 0.571. The van der Waals surface area contributed by atoms with Crippen molar-refractivity contribution >= 4 is 0 Å². The van der Waals surface area contributed by atoms with Crippen LogP contribution in [0.1, 0.15) is 23.6 Å². The summed E-state index contributed by atoms with van der Waals surface area (Å²) in [6.07, 6.45) is 1.03. The second kappa shape index (κ2) is 6.66. The third-order valence-electron chi connectivity index (χ3n) is 2.62. The summed E-state index contributed by atoms with van der Waals surface area (Å²) < 4.78 is 5.23. The smallest absolute Gasteiger partial charge is 0.0619 e. The maximum atomic E-state index is 5.23. The number of ether oxygens (including phenoxy) is 1. The summed E-state index contributed by atoms with van der Waals surface area (Å²) in [7, 11) is 1.76. The second-order valence-corrected chi connectivity index (χ2v) is 4.41. The van der Waals surface area contributed by atoms with Gasteiger partial charge in [0.1, 0.15) is 0 Å². The molecule has 90 valence electrons. The first-order chi connectivity index (χ1) is 7.65. The summed E-state index contributed by atoms with van der Waals surface area (Å²) in [5.74, 6) is 0. The molecule has 0 radical (unpaired) electrons. The summed E-state index contributed by atoms with van der Waals surface area (Å²) >= 11 is 0. The number of benzene rings is 1. The molecule has 0 aliphatic carbocycles. The van der Waals surface area contributed by atoms with Gasteiger partial charge >= 0.3 is 0 Å². The van der Waals surface area contributed by atoms with E-state index in [-0.39, 0.29) is 0 Å². The Morgan fingerprint density at radius 2 is 1.81 bits per heavy atom. The molecule has 1 rings (SSSR count). The van der Waals surface area contributed by atoms with Crippen LogP contribution in [0, 0.1) is 13.8 Å². The van der Waals surface area contributed by atoms with Crippen LogP contribution < -0.4 is 5.32 Å². The van der Waals surface area contributed by atoms with Crippen molar-refractivity contribution in [1.29, 1.82) is 0 Å². The minimum Gasteiger partial charge on any atom is -0.383 e. The van der Waals surface area contributed by atoms with Crippen molar-refractivity contribution in [1.82, 2.24) is 5.32 Å². The van der Waals surface area contributed by atoms with Crippen LogP contribution in [0.25, 0.3) is 0 Å². The van der Waals surface area contributed by atoms with Crippen molar-refractivity contribution < 1.29 is 4.74 Å². The van der Waals surface area contributed by atoms with Crippen molar-refractivity contribution in [2.75, 3.05) is 20.3 Å². The topological polar surface area (TPSA) is 21.3 Å². The van der Waals surface area contributed by atoms with E-state index in [0.717, 1.165) is 19.6 Å². The lowest BCUT2D eigenvalue weighted by molar-refractivity contribution is 0.167. The van der Waals surface area contributed by atoms with Crippen molar-refractivity contribution in [3.05, 3.63) is 34.9 Å². The van der Waals surface area contributed by atoms with Crippen molar-refractivity contribution in [3.8, 4) is 0 Å². The van der Waals surface area contributed by atoms with Crippen LogP contribution >= 0.6 is 0 Å². The molecule has 16 heavy (non-hydrogen) atoms. The zero-order valence-corrected chi connectivity index (χ0v) is 10.8. The molecule has 0 fully saturated rings. The summed E-state index contributed by atoms with van der Waals surface area (Å²) in [6, 6.07) is 7.14. The Morgan fingerprint density at radius 3 is 2.31 bits per heavy atom. The van der Waals surface area contributed by atoms with E-state index in [1.165, 1.54) is 16.7 Å². The Kier molecular flexibility index (Phi) is 5.50. The lowest BCUT2D eigenvalue weighted by Crippen LogP contribution is -2.35. The van der Waals surface area contributed by atoms with E-state index in [9.17, 15) is 0 Å². The fourth-order valence-corrected chi connectivity index (χ4v) is 2.15. The number of rotatable bonds is 6. The number of hydrogen-bond donors (Lipinski definition) is 1. The average Bonchev–Trinajstić information content (AvgIpc) is 2.16. The first kappa shape index (κ1) is 13.2. The predicted molar refractivity (Wildman–Crippen MR) is 69.0 cm³/mol. The first-order valence-electron chi connectivity index (χ1n) is 5.95. The molecule has 0 saturated heterocycles. The number of hydrogen-bond acceptors (Lipinski definition) is 2. The van der Waals surface area contributed by atoms with E-state index in [1.807, 2.05) is 0 Å². The molecule has 0 saturated carbocycles. The minimum atomic E-state index is 0.413. The van der Waals surface area contributed by atoms with Crippen molar-refractivity contribution in [2.45, 2.75) is 33.2 Å². The van der Waals surface area contributed by atoms with Crippen LogP contribution in [0.5, 0.6) is 0 Å². The van der Waals surface area contributed by atoms with Crippen LogP contribution in [0.2, 0.25) is 0 Å². The SMILES string of the molecule is CCNC(COC)Cc1cc(C)cc(C)c1. The predicted octanol–water partition coefficient (Wildman–Crippen LogP) is 2.47. The second-order valence-electron chi connectivity index (χ2n) is 4.41. The fourth-order valence-electron chi connectivity index (χ4n) is 2.15. The Hall–Kier alpha value is -0.860. The summed E-state index contributed by atoms with van der Waals surface area (Å²) in [6.45, 7) is 8.17. The molecular formula is C14H23NO. The van der Waals surface area contributed by atoms with Gasteiger partial charge in [-0.1, -0.05) is 36.2 Å². The van der Waals surface area contributed by atoms with Gasteiger partial charge in [-0.3, -0.25) is 0 Å². The van der Waals surface area contributed by atoms with Crippen LogP contribution in [-0.4, -0.2) is 26.3 Å².